The van der Waals surface area contributed by atoms with Gasteiger partial charge in [-0.1, -0.05) is 17.1 Å². The van der Waals surface area contributed by atoms with Gasteiger partial charge in [-0.05, 0) is 6.07 Å². The standard InChI is InChI=1S/C8H8BClN2O/c9-5-1-7(10)8(11-2-5)12-3-6(13)4-12/h1-2,6,13H,3-4H2. The number of β-amino-alcohol motifs (C(OH)–C–C–N with tert-alkyl or cyclic N) is 1. The molecule has 0 saturated carbocycles. The highest BCUT2D eigenvalue weighted by Crippen LogP contribution is 2.25. The Balaban J connectivity index is 2.21. The molecule has 0 amide bonds. The van der Waals surface area contributed by atoms with Crippen LogP contribution >= 0.6 is 11.6 Å². The minimum absolute atomic E-state index is 0.254. The van der Waals surface area contributed by atoms with Crippen LogP contribution in [0.5, 0.6) is 0 Å². The second-order valence-electron chi connectivity index (χ2n) is 3.13. The third-order valence-corrected chi connectivity index (χ3v) is 2.28. The van der Waals surface area contributed by atoms with Crippen molar-refractivity contribution in [1.82, 2.24) is 4.98 Å². The SMILES string of the molecule is [B]c1cnc(N2CC(O)C2)c(Cl)c1. The van der Waals surface area contributed by atoms with Gasteiger partial charge < -0.3 is 10.0 Å². The Morgan fingerprint density at radius 3 is 2.85 bits per heavy atom. The lowest BCUT2D eigenvalue weighted by Crippen LogP contribution is -2.51. The third kappa shape index (κ3) is 1.64. The Morgan fingerprint density at radius 2 is 2.31 bits per heavy atom. The van der Waals surface area contributed by atoms with Crippen LogP contribution in [-0.2, 0) is 0 Å². The summed E-state index contributed by atoms with van der Waals surface area (Å²) in [5.74, 6) is 0.696. The van der Waals surface area contributed by atoms with E-state index in [1.54, 1.807) is 12.3 Å². The molecule has 2 heterocycles. The molecule has 0 spiro atoms. The maximum absolute atomic E-state index is 9.09. The predicted octanol–water partition coefficient (Wildman–Crippen LogP) is -0.290. The van der Waals surface area contributed by atoms with E-state index in [4.69, 9.17) is 24.6 Å². The number of hydrogen-bond donors (Lipinski definition) is 1. The Bertz CT molecular complexity index is 328. The van der Waals surface area contributed by atoms with Gasteiger partial charge in [0.2, 0.25) is 0 Å². The molecule has 2 rings (SSSR count). The van der Waals surface area contributed by atoms with Gasteiger partial charge in [0.15, 0.2) is 0 Å². The molecule has 1 aliphatic heterocycles. The van der Waals surface area contributed by atoms with Gasteiger partial charge in [0.25, 0.3) is 0 Å². The Hall–Kier alpha value is -0.735. The van der Waals surface area contributed by atoms with Crippen molar-refractivity contribution in [2.75, 3.05) is 18.0 Å². The molecule has 1 fully saturated rings. The molecule has 2 radical (unpaired) electrons. The molecule has 0 aromatic carbocycles. The first-order chi connectivity index (χ1) is 6.16. The summed E-state index contributed by atoms with van der Waals surface area (Å²) in [6.07, 6.45) is 1.31. The van der Waals surface area contributed by atoms with Crippen LogP contribution in [0.4, 0.5) is 5.82 Å². The number of aromatic nitrogens is 1. The van der Waals surface area contributed by atoms with Gasteiger partial charge >= 0.3 is 0 Å². The maximum atomic E-state index is 9.09. The largest absolute Gasteiger partial charge is 0.389 e. The summed E-state index contributed by atoms with van der Waals surface area (Å²) >= 11 is 5.92. The number of anilines is 1. The van der Waals surface area contributed by atoms with Crippen LogP contribution in [0.1, 0.15) is 0 Å². The number of nitrogens with zero attached hydrogens (tertiary/aromatic N) is 2. The van der Waals surface area contributed by atoms with E-state index < -0.39 is 0 Å². The molecule has 66 valence electrons. The van der Waals surface area contributed by atoms with Crippen LogP contribution in [0.3, 0.4) is 0 Å². The molecule has 1 aliphatic rings. The van der Waals surface area contributed by atoms with Crippen LogP contribution in [0.25, 0.3) is 0 Å². The van der Waals surface area contributed by atoms with Crippen molar-refractivity contribution in [3.8, 4) is 0 Å². The van der Waals surface area contributed by atoms with E-state index in [-0.39, 0.29) is 6.10 Å². The third-order valence-electron chi connectivity index (χ3n) is 2.00. The first-order valence-corrected chi connectivity index (χ1v) is 4.38. The highest BCUT2D eigenvalue weighted by molar-refractivity contribution is 6.37. The van der Waals surface area contributed by atoms with Crippen molar-refractivity contribution in [2.24, 2.45) is 0 Å². The van der Waals surface area contributed by atoms with Crippen molar-refractivity contribution in [1.29, 1.82) is 0 Å². The molecule has 5 heteroatoms. The van der Waals surface area contributed by atoms with Crippen molar-refractivity contribution in [3.63, 3.8) is 0 Å². The summed E-state index contributed by atoms with van der Waals surface area (Å²) in [5.41, 5.74) is 0.551. The number of aliphatic hydroxyl groups is 1. The number of halogens is 1. The van der Waals surface area contributed by atoms with Crippen LogP contribution < -0.4 is 10.4 Å². The van der Waals surface area contributed by atoms with Crippen LogP contribution in [0.2, 0.25) is 5.02 Å². The lowest BCUT2D eigenvalue weighted by atomic mass is 9.99. The van der Waals surface area contributed by atoms with Gasteiger partial charge in [-0.3, -0.25) is 0 Å². The first kappa shape index (κ1) is 8.85. The molecule has 1 aromatic heterocycles. The number of pyridine rings is 1. The Morgan fingerprint density at radius 1 is 1.62 bits per heavy atom. The highest BCUT2D eigenvalue weighted by atomic mass is 35.5. The van der Waals surface area contributed by atoms with Crippen molar-refractivity contribution >= 4 is 30.7 Å². The molecule has 13 heavy (non-hydrogen) atoms. The molecular weight excluding hydrogens is 186 g/mol. The van der Waals surface area contributed by atoms with Gasteiger partial charge in [-0.2, -0.15) is 0 Å². The zero-order valence-corrected chi connectivity index (χ0v) is 7.70. The maximum Gasteiger partial charge on any atom is 0.147 e. The summed E-state index contributed by atoms with van der Waals surface area (Å²) in [6, 6.07) is 1.66. The topological polar surface area (TPSA) is 36.4 Å². The lowest BCUT2D eigenvalue weighted by molar-refractivity contribution is 0.141. The minimum Gasteiger partial charge on any atom is -0.389 e. The van der Waals surface area contributed by atoms with Crippen LogP contribution in [-0.4, -0.2) is 37.1 Å². The van der Waals surface area contributed by atoms with Crippen LogP contribution in [0, 0.1) is 0 Å². The molecule has 0 bridgehead atoms. The van der Waals surface area contributed by atoms with Crippen LogP contribution in [0.15, 0.2) is 12.3 Å². The fraction of sp³-hybridized carbons (Fsp3) is 0.375. The van der Waals surface area contributed by atoms with E-state index in [0.717, 1.165) is 0 Å². The van der Waals surface area contributed by atoms with Crippen molar-refractivity contribution in [3.05, 3.63) is 17.3 Å². The number of aliphatic hydroxyl groups excluding tert-OH is 1. The molecule has 0 atom stereocenters. The molecule has 0 aliphatic carbocycles. The fourth-order valence-corrected chi connectivity index (χ4v) is 1.60. The Kier molecular flexibility index (Phi) is 2.18. The van der Waals surface area contributed by atoms with Gasteiger partial charge in [0, 0.05) is 19.3 Å². The first-order valence-electron chi connectivity index (χ1n) is 4.01. The number of hydrogen-bond acceptors (Lipinski definition) is 3. The lowest BCUT2D eigenvalue weighted by Gasteiger charge is -2.37. The zero-order valence-electron chi connectivity index (χ0n) is 6.94. The summed E-state index contributed by atoms with van der Waals surface area (Å²) < 4.78 is 0. The van der Waals surface area contributed by atoms with Gasteiger partial charge in [0.1, 0.15) is 13.7 Å². The number of rotatable bonds is 1. The average molecular weight is 194 g/mol. The molecule has 3 nitrogen and oxygen atoms in total. The van der Waals surface area contributed by atoms with E-state index in [2.05, 4.69) is 4.98 Å². The summed E-state index contributed by atoms with van der Waals surface area (Å²) in [4.78, 5) is 6.00. The molecular formula is C8H8BClN2O. The average Bonchev–Trinajstić information content (AvgIpc) is 2.00. The van der Waals surface area contributed by atoms with E-state index in [0.29, 0.717) is 29.4 Å². The summed E-state index contributed by atoms with van der Waals surface area (Å²) in [7, 11) is 5.50. The van der Waals surface area contributed by atoms with E-state index >= 15 is 0 Å². The smallest absolute Gasteiger partial charge is 0.147 e. The summed E-state index contributed by atoms with van der Waals surface area (Å²) in [6.45, 7) is 1.19. The van der Waals surface area contributed by atoms with E-state index in [1.807, 2.05) is 4.90 Å². The Labute approximate surface area is 82.7 Å². The normalized spacial score (nSPS) is 17.2. The predicted molar refractivity (Wildman–Crippen MR) is 52.9 cm³/mol. The quantitative estimate of drug-likeness (QED) is 0.624. The summed E-state index contributed by atoms with van der Waals surface area (Å²) in [5, 5.41) is 9.62. The minimum atomic E-state index is -0.254. The highest BCUT2D eigenvalue weighted by Gasteiger charge is 2.26. The second-order valence-corrected chi connectivity index (χ2v) is 3.54. The molecule has 1 saturated heterocycles. The molecule has 1 aromatic rings. The second kappa shape index (κ2) is 3.20. The van der Waals surface area contributed by atoms with Gasteiger partial charge in [0.05, 0.1) is 11.1 Å². The van der Waals surface area contributed by atoms with Gasteiger partial charge in [-0.25, -0.2) is 4.98 Å². The van der Waals surface area contributed by atoms with E-state index in [9.17, 15) is 0 Å². The van der Waals surface area contributed by atoms with E-state index in [1.165, 1.54) is 0 Å². The molecule has 0 unspecified atom stereocenters. The van der Waals surface area contributed by atoms with Gasteiger partial charge in [-0.15, -0.1) is 0 Å². The zero-order chi connectivity index (χ0) is 9.42. The fourth-order valence-electron chi connectivity index (χ4n) is 1.31. The monoisotopic (exact) mass is 194 g/mol. The van der Waals surface area contributed by atoms with Crippen molar-refractivity contribution in [2.45, 2.75) is 6.10 Å². The molecule has 1 N–H and O–H groups in total. The van der Waals surface area contributed by atoms with Crippen molar-refractivity contribution < 1.29 is 5.11 Å².